The highest BCUT2D eigenvalue weighted by molar-refractivity contribution is 5.09. The summed E-state index contributed by atoms with van der Waals surface area (Å²) in [6, 6.07) is 4.86. The Bertz CT molecular complexity index is 297. The summed E-state index contributed by atoms with van der Waals surface area (Å²) >= 11 is 0. The molecule has 0 bridgehead atoms. The van der Waals surface area contributed by atoms with E-state index < -0.39 is 0 Å². The molecule has 1 aliphatic carbocycles. The maximum Gasteiger partial charge on any atom is 0.0271 e. The van der Waals surface area contributed by atoms with Gasteiger partial charge in [0, 0.05) is 25.0 Å². The van der Waals surface area contributed by atoms with Gasteiger partial charge in [-0.15, -0.1) is 0 Å². The molecule has 82 valence electrons. The van der Waals surface area contributed by atoms with Crippen LogP contribution in [0.1, 0.15) is 32.3 Å². The second-order valence-electron chi connectivity index (χ2n) is 4.76. The van der Waals surface area contributed by atoms with Crippen molar-refractivity contribution in [3.63, 3.8) is 0 Å². The molecule has 0 aromatic carbocycles. The van der Waals surface area contributed by atoms with Crippen molar-refractivity contribution >= 4 is 0 Å². The maximum atomic E-state index is 4.02. The zero-order valence-corrected chi connectivity index (χ0v) is 9.61. The fourth-order valence-corrected chi connectivity index (χ4v) is 2.40. The third kappa shape index (κ3) is 2.57. The number of pyridine rings is 1. The molecular formula is C13H20N2. The van der Waals surface area contributed by atoms with Gasteiger partial charge in [0.2, 0.25) is 0 Å². The number of aromatic nitrogens is 1. The lowest BCUT2D eigenvalue weighted by Gasteiger charge is -2.19. The number of rotatable bonds is 3. The predicted molar refractivity (Wildman–Crippen MR) is 62.4 cm³/mol. The second-order valence-corrected chi connectivity index (χ2v) is 4.76. The molecule has 1 fully saturated rings. The third-order valence-corrected chi connectivity index (χ3v) is 3.78. The maximum absolute atomic E-state index is 4.02. The standard InChI is InChI=1S/C13H20N2/c1-10-3-4-13(11(10)2)15-9-12-5-7-14-8-6-12/h5-8,10-11,13,15H,3-4,9H2,1-2H3. The van der Waals surface area contributed by atoms with Crippen LogP contribution in [0.5, 0.6) is 0 Å². The molecule has 0 aliphatic heterocycles. The van der Waals surface area contributed by atoms with E-state index in [9.17, 15) is 0 Å². The average Bonchev–Trinajstić information content (AvgIpc) is 2.59. The SMILES string of the molecule is CC1CCC(NCc2ccncc2)C1C. The Labute approximate surface area is 92.1 Å². The van der Waals surface area contributed by atoms with Crippen LogP contribution in [0.25, 0.3) is 0 Å². The summed E-state index contributed by atoms with van der Waals surface area (Å²) in [4.78, 5) is 4.02. The van der Waals surface area contributed by atoms with E-state index in [1.807, 2.05) is 12.4 Å². The van der Waals surface area contributed by atoms with Crippen molar-refractivity contribution in [1.82, 2.24) is 10.3 Å². The highest BCUT2D eigenvalue weighted by Gasteiger charge is 2.28. The fourth-order valence-electron chi connectivity index (χ4n) is 2.40. The van der Waals surface area contributed by atoms with E-state index in [0.717, 1.165) is 18.4 Å². The third-order valence-electron chi connectivity index (χ3n) is 3.78. The number of nitrogens with zero attached hydrogens (tertiary/aromatic N) is 1. The summed E-state index contributed by atoms with van der Waals surface area (Å²) in [6.45, 7) is 5.70. The van der Waals surface area contributed by atoms with E-state index in [-0.39, 0.29) is 0 Å². The number of hydrogen-bond acceptors (Lipinski definition) is 2. The molecule has 1 aliphatic rings. The Morgan fingerprint density at radius 1 is 1.27 bits per heavy atom. The molecular weight excluding hydrogens is 184 g/mol. The van der Waals surface area contributed by atoms with Gasteiger partial charge >= 0.3 is 0 Å². The molecule has 0 saturated heterocycles. The van der Waals surface area contributed by atoms with E-state index in [0.29, 0.717) is 6.04 Å². The van der Waals surface area contributed by atoms with Crippen molar-refractivity contribution in [2.75, 3.05) is 0 Å². The molecule has 0 radical (unpaired) electrons. The minimum absolute atomic E-state index is 0.702. The predicted octanol–water partition coefficient (Wildman–Crippen LogP) is 2.61. The monoisotopic (exact) mass is 204 g/mol. The molecule has 3 atom stereocenters. The number of hydrogen-bond donors (Lipinski definition) is 1. The largest absolute Gasteiger partial charge is 0.310 e. The second kappa shape index (κ2) is 4.75. The van der Waals surface area contributed by atoms with Gasteiger partial charge in [-0.25, -0.2) is 0 Å². The first-order valence-electron chi connectivity index (χ1n) is 5.89. The minimum atomic E-state index is 0.702. The molecule has 1 aromatic heterocycles. The van der Waals surface area contributed by atoms with Gasteiger partial charge in [-0.1, -0.05) is 13.8 Å². The Kier molecular flexibility index (Phi) is 3.37. The first-order chi connectivity index (χ1) is 7.27. The van der Waals surface area contributed by atoms with Crippen LogP contribution in [0.4, 0.5) is 0 Å². The lowest BCUT2D eigenvalue weighted by Crippen LogP contribution is -2.31. The van der Waals surface area contributed by atoms with E-state index in [1.54, 1.807) is 0 Å². The van der Waals surface area contributed by atoms with Gasteiger partial charge in [0.25, 0.3) is 0 Å². The van der Waals surface area contributed by atoms with Gasteiger partial charge in [-0.05, 0) is 42.4 Å². The molecule has 15 heavy (non-hydrogen) atoms. The number of nitrogens with one attached hydrogen (secondary N) is 1. The zero-order valence-electron chi connectivity index (χ0n) is 9.61. The van der Waals surface area contributed by atoms with Crippen molar-refractivity contribution in [3.8, 4) is 0 Å². The Morgan fingerprint density at radius 3 is 2.60 bits per heavy atom. The molecule has 2 nitrogen and oxygen atoms in total. The molecule has 1 aromatic rings. The van der Waals surface area contributed by atoms with E-state index in [2.05, 4.69) is 36.3 Å². The van der Waals surface area contributed by atoms with Crippen molar-refractivity contribution < 1.29 is 0 Å². The van der Waals surface area contributed by atoms with E-state index in [4.69, 9.17) is 0 Å². The molecule has 2 heteroatoms. The molecule has 1 saturated carbocycles. The van der Waals surface area contributed by atoms with E-state index in [1.165, 1.54) is 18.4 Å². The lowest BCUT2D eigenvalue weighted by atomic mass is 9.98. The summed E-state index contributed by atoms with van der Waals surface area (Å²) < 4.78 is 0. The molecule has 0 amide bonds. The Morgan fingerprint density at radius 2 is 2.00 bits per heavy atom. The minimum Gasteiger partial charge on any atom is -0.310 e. The summed E-state index contributed by atoms with van der Waals surface area (Å²) in [5, 5.41) is 3.65. The molecule has 3 unspecified atom stereocenters. The van der Waals surface area contributed by atoms with Gasteiger partial charge in [-0.3, -0.25) is 4.98 Å². The van der Waals surface area contributed by atoms with Crippen LogP contribution in [0.3, 0.4) is 0 Å². The summed E-state index contributed by atoms with van der Waals surface area (Å²) in [5.41, 5.74) is 1.33. The smallest absolute Gasteiger partial charge is 0.0271 e. The first-order valence-corrected chi connectivity index (χ1v) is 5.89. The van der Waals surface area contributed by atoms with Gasteiger partial charge in [-0.2, -0.15) is 0 Å². The van der Waals surface area contributed by atoms with Crippen LogP contribution in [0, 0.1) is 11.8 Å². The fraction of sp³-hybridized carbons (Fsp3) is 0.615. The summed E-state index contributed by atoms with van der Waals surface area (Å²) in [6.07, 6.45) is 6.41. The Hall–Kier alpha value is -0.890. The van der Waals surface area contributed by atoms with Crippen molar-refractivity contribution in [2.45, 2.75) is 39.3 Å². The van der Waals surface area contributed by atoms with E-state index >= 15 is 0 Å². The van der Waals surface area contributed by atoms with Crippen LogP contribution in [-0.4, -0.2) is 11.0 Å². The highest BCUT2D eigenvalue weighted by atomic mass is 14.9. The lowest BCUT2D eigenvalue weighted by molar-refractivity contribution is 0.370. The van der Waals surface area contributed by atoms with Gasteiger partial charge in [0.05, 0.1) is 0 Å². The van der Waals surface area contributed by atoms with Crippen LogP contribution in [0.15, 0.2) is 24.5 Å². The zero-order chi connectivity index (χ0) is 10.7. The van der Waals surface area contributed by atoms with Crippen LogP contribution >= 0.6 is 0 Å². The quantitative estimate of drug-likeness (QED) is 0.818. The topological polar surface area (TPSA) is 24.9 Å². The Balaban J connectivity index is 1.84. The van der Waals surface area contributed by atoms with Gasteiger partial charge in [0.1, 0.15) is 0 Å². The molecule has 1 N–H and O–H groups in total. The van der Waals surface area contributed by atoms with Crippen LogP contribution in [0.2, 0.25) is 0 Å². The highest BCUT2D eigenvalue weighted by Crippen LogP contribution is 2.31. The van der Waals surface area contributed by atoms with Crippen molar-refractivity contribution in [1.29, 1.82) is 0 Å². The normalized spacial score (nSPS) is 30.7. The van der Waals surface area contributed by atoms with Gasteiger partial charge < -0.3 is 5.32 Å². The van der Waals surface area contributed by atoms with Crippen LogP contribution < -0.4 is 5.32 Å². The molecule has 2 rings (SSSR count). The first kappa shape index (κ1) is 10.6. The van der Waals surface area contributed by atoms with Crippen molar-refractivity contribution in [2.24, 2.45) is 11.8 Å². The summed E-state index contributed by atoms with van der Waals surface area (Å²) in [7, 11) is 0. The average molecular weight is 204 g/mol. The summed E-state index contributed by atoms with van der Waals surface area (Å²) in [5.74, 6) is 1.69. The molecule has 0 spiro atoms. The van der Waals surface area contributed by atoms with Crippen LogP contribution in [-0.2, 0) is 6.54 Å². The van der Waals surface area contributed by atoms with Crippen molar-refractivity contribution in [3.05, 3.63) is 30.1 Å². The van der Waals surface area contributed by atoms with Gasteiger partial charge in [0.15, 0.2) is 0 Å². The molecule has 1 heterocycles.